The second-order valence-electron chi connectivity index (χ2n) is 5.08. The van der Waals surface area contributed by atoms with Crippen molar-refractivity contribution in [2.45, 2.75) is 32.7 Å². The van der Waals surface area contributed by atoms with Crippen molar-refractivity contribution in [3.63, 3.8) is 0 Å². The van der Waals surface area contributed by atoms with Gasteiger partial charge in [-0.05, 0) is 38.5 Å². The van der Waals surface area contributed by atoms with Gasteiger partial charge in [0.1, 0.15) is 0 Å². The smallest absolute Gasteiger partial charge is 0.220 e. The van der Waals surface area contributed by atoms with Crippen LogP contribution >= 0.6 is 0 Å². The zero-order valence-electron chi connectivity index (χ0n) is 13.3. The number of amides is 1. The maximum absolute atomic E-state index is 11.6. The minimum atomic E-state index is -0.0413. The lowest BCUT2D eigenvalue weighted by Crippen LogP contribution is -2.37. The molecule has 122 valence electrons. The lowest BCUT2D eigenvalue weighted by atomic mass is 10.1. The number of nitrogens with one attached hydrogen (secondary N) is 1. The van der Waals surface area contributed by atoms with Crippen molar-refractivity contribution in [2.24, 2.45) is 5.73 Å². The molecule has 0 spiro atoms. The van der Waals surface area contributed by atoms with E-state index in [1.54, 1.807) is 18.2 Å². The molecule has 1 rings (SSSR count). The van der Waals surface area contributed by atoms with Crippen molar-refractivity contribution in [1.82, 2.24) is 5.32 Å². The highest BCUT2D eigenvalue weighted by Gasteiger charge is 2.09. The first kappa shape index (κ1) is 18.0. The Morgan fingerprint density at radius 1 is 1.32 bits per heavy atom. The normalized spacial score (nSPS) is 11.6. The summed E-state index contributed by atoms with van der Waals surface area (Å²) in [6.45, 7) is 4.16. The fourth-order valence-corrected chi connectivity index (χ4v) is 1.83. The Hall–Kier alpha value is -2.08. The predicted molar refractivity (Wildman–Crippen MR) is 84.4 cm³/mol. The quantitative estimate of drug-likeness (QED) is 0.533. The number of carbonyl (C=O) groups excluding carboxylic acids is 2. The number of nitrogens with two attached hydrogens (primary N) is 1. The monoisotopic (exact) mass is 308 g/mol. The minimum absolute atomic E-state index is 0.0207. The summed E-state index contributed by atoms with van der Waals surface area (Å²) in [5.74, 6) is 0.994. The third kappa shape index (κ3) is 5.73. The van der Waals surface area contributed by atoms with Gasteiger partial charge in [0.05, 0.1) is 13.7 Å². The standard InChI is InChI=1S/C16H24N2O4/c1-11(10-17)18-16(20)5-4-8-22-14-7-6-13(12(2)19)9-15(14)21-3/h6-7,9,11H,4-5,8,10,17H2,1-3H3,(H,18,20)/t11-/m0/s1. The van der Waals surface area contributed by atoms with E-state index < -0.39 is 0 Å². The third-order valence-electron chi connectivity index (χ3n) is 3.14. The molecule has 0 heterocycles. The van der Waals surface area contributed by atoms with Gasteiger partial charge in [0.25, 0.3) is 0 Å². The van der Waals surface area contributed by atoms with Crippen LogP contribution < -0.4 is 20.5 Å². The minimum Gasteiger partial charge on any atom is -0.493 e. The van der Waals surface area contributed by atoms with Crippen LogP contribution in [0.25, 0.3) is 0 Å². The first-order valence-electron chi connectivity index (χ1n) is 7.29. The van der Waals surface area contributed by atoms with Crippen molar-refractivity contribution in [3.8, 4) is 11.5 Å². The van der Waals surface area contributed by atoms with E-state index in [1.165, 1.54) is 14.0 Å². The SMILES string of the molecule is COc1cc(C(C)=O)ccc1OCCCC(=O)N[C@@H](C)CN. The Labute approximate surface area is 131 Å². The van der Waals surface area contributed by atoms with Gasteiger partial charge in [0.2, 0.25) is 5.91 Å². The molecule has 0 radical (unpaired) electrons. The van der Waals surface area contributed by atoms with E-state index in [4.69, 9.17) is 15.2 Å². The van der Waals surface area contributed by atoms with Gasteiger partial charge in [-0.15, -0.1) is 0 Å². The molecule has 3 N–H and O–H groups in total. The molecule has 1 aromatic rings. The highest BCUT2D eigenvalue weighted by molar-refractivity contribution is 5.94. The molecule has 1 amide bonds. The van der Waals surface area contributed by atoms with Crippen molar-refractivity contribution in [1.29, 1.82) is 0 Å². The first-order valence-corrected chi connectivity index (χ1v) is 7.29. The average molecular weight is 308 g/mol. The Bertz CT molecular complexity index is 517. The van der Waals surface area contributed by atoms with Gasteiger partial charge in [0, 0.05) is 24.6 Å². The molecular formula is C16H24N2O4. The van der Waals surface area contributed by atoms with Gasteiger partial charge in [-0.2, -0.15) is 0 Å². The summed E-state index contributed by atoms with van der Waals surface area (Å²) >= 11 is 0. The van der Waals surface area contributed by atoms with Crippen LogP contribution in [0.2, 0.25) is 0 Å². The number of Topliss-reactive ketones (excluding diaryl/α,β-unsaturated/α-hetero) is 1. The van der Waals surface area contributed by atoms with Crippen molar-refractivity contribution < 1.29 is 19.1 Å². The molecule has 6 nitrogen and oxygen atoms in total. The Morgan fingerprint density at radius 3 is 2.64 bits per heavy atom. The molecule has 0 unspecified atom stereocenters. The van der Waals surface area contributed by atoms with E-state index in [1.807, 2.05) is 6.92 Å². The van der Waals surface area contributed by atoms with Crippen LogP contribution in [0.5, 0.6) is 11.5 Å². The summed E-state index contributed by atoms with van der Waals surface area (Å²) in [6.07, 6.45) is 0.957. The summed E-state index contributed by atoms with van der Waals surface area (Å²) in [5.41, 5.74) is 6.01. The van der Waals surface area contributed by atoms with Gasteiger partial charge in [-0.3, -0.25) is 9.59 Å². The van der Waals surface area contributed by atoms with Crippen LogP contribution in [-0.2, 0) is 4.79 Å². The van der Waals surface area contributed by atoms with Gasteiger partial charge < -0.3 is 20.5 Å². The average Bonchev–Trinajstić information content (AvgIpc) is 2.51. The molecule has 22 heavy (non-hydrogen) atoms. The Balaban J connectivity index is 2.45. The highest BCUT2D eigenvalue weighted by atomic mass is 16.5. The van der Waals surface area contributed by atoms with Crippen molar-refractivity contribution in [2.75, 3.05) is 20.3 Å². The maximum Gasteiger partial charge on any atom is 0.220 e. The summed E-state index contributed by atoms with van der Waals surface area (Å²) in [4.78, 5) is 22.9. The number of carbonyl (C=O) groups is 2. The molecule has 0 saturated heterocycles. The van der Waals surface area contributed by atoms with Crippen LogP contribution in [-0.4, -0.2) is 38.0 Å². The topological polar surface area (TPSA) is 90.6 Å². The van der Waals surface area contributed by atoms with Crippen LogP contribution in [0.1, 0.15) is 37.0 Å². The summed E-state index contributed by atoms with van der Waals surface area (Å²) in [7, 11) is 1.52. The molecular weight excluding hydrogens is 284 g/mol. The predicted octanol–water partition coefficient (Wildman–Crippen LogP) is 1.52. The first-order chi connectivity index (χ1) is 10.5. The lowest BCUT2D eigenvalue weighted by molar-refractivity contribution is -0.121. The van der Waals surface area contributed by atoms with Gasteiger partial charge in [-0.25, -0.2) is 0 Å². The molecule has 6 heteroatoms. The number of methoxy groups -OCH3 is 1. The van der Waals surface area contributed by atoms with Crippen LogP contribution in [0.4, 0.5) is 0 Å². The van der Waals surface area contributed by atoms with E-state index in [9.17, 15) is 9.59 Å². The maximum atomic E-state index is 11.6. The van der Waals surface area contributed by atoms with E-state index in [0.717, 1.165) is 0 Å². The molecule has 0 bridgehead atoms. The largest absolute Gasteiger partial charge is 0.493 e. The number of hydrogen-bond donors (Lipinski definition) is 2. The molecule has 0 aromatic heterocycles. The lowest BCUT2D eigenvalue weighted by Gasteiger charge is -2.13. The summed E-state index contributed by atoms with van der Waals surface area (Å²) in [6, 6.07) is 5.02. The zero-order chi connectivity index (χ0) is 16.5. The number of ether oxygens (including phenoxy) is 2. The molecule has 1 atom stereocenters. The summed E-state index contributed by atoms with van der Waals surface area (Å²) < 4.78 is 10.8. The molecule has 0 aliphatic carbocycles. The fourth-order valence-electron chi connectivity index (χ4n) is 1.83. The van der Waals surface area contributed by atoms with Crippen LogP contribution in [0.3, 0.4) is 0 Å². The Kier molecular flexibility index (Phi) is 7.39. The molecule has 0 aliphatic heterocycles. The zero-order valence-corrected chi connectivity index (χ0v) is 13.3. The second kappa shape index (κ2) is 9.04. The van der Waals surface area contributed by atoms with Crippen molar-refractivity contribution in [3.05, 3.63) is 23.8 Å². The summed E-state index contributed by atoms with van der Waals surface area (Å²) in [5, 5.41) is 2.79. The van der Waals surface area contributed by atoms with Gasteiger partial charge >= 0.3 is 0 Å². The van der Waals surface area contributed by atoms with E-state index in [2.05, 4.69) is 5.32 Å². The fraction of sp³-hybridized carbons (Fsp3) is 0.500. The molecule has 0 saturated carbocycles. The second-order valence-corrected chi connectivity index (χ2v) is 5.08. The van der Waals surface area contributed by atoms with Crippen LogP contribution in [0, 0.1) is 0 Å². The van der Waals surface area contributed by atoms with Gasteiger partial charge in [0.15, 0.2) is 17.3 Å². The number of ketones is 1. The Morgan fingerprint density at radius 2 is 2.05 bits per heavy atom. The number of hydrogen-bond acceptors (Lipinski definition) is 5. The van der Waals surface area contributed by atoms with Gasteiger partial charge in [-0.1, -0.05) is 0 Å². The van der Waals surface area contributed by atoms with Crippen molar-refractivity contribution >= 4 is 11.7 Å². The van der Waals surface area contributed by atoms with E-state index in [-0.39, 0.29) is 17.7 Å². The van der Waals surface area contributed by atoms with Crippen LogP contribution in [0.15, 0.2) is 18.2 Å². The molecule has 0 fully saturated rings. The number of rotatable bonds is 9. The number of benzene rings is 1. The van der Waals surface area contributed by atoms with E-state index >= 15 is 0 Å². The highest BCUT2D eigenvalue weighted by Crippen LogP contribution is 2.28. The molecule has 0 aliphatic rings. The molecule has 1 aromatic carbocycles. The van der Waals surface area contributed by atoms with E-state index in [0.29, 0.717) is 43.1 Å². The third-order valence-corrected chi connectivity index (χ3v) is 3.14.